The maximum Gasteiger partial charge on any atom is 0.259 e. The summed E-state index contributed by atoms with van der Waals surface area (Å²) < 4.78 is 13.3. The van der Waals surface area contributed by atoms with Crippen molar-refractivity contribution >= 4 is 11.6 Å². The number of nitrogens with one attached hydrogen (secondary N) is 1. The third-order valence-electron chi connectivity index (χ3n) is 6.94. The molecule has 3 heterocycles. The third-order valence-corrected chi connectivity index (χ3v) is 6.94. The Balaban J connectivity index is 1.29. The topological polar surface area (TPSA) is 102 Å². The number of aromatic nitrogens is 3. The van der Waals surface area contributed by atoms with Crippen molar-refractivity contribution in [3.05, 3.63) is 71.3 Å². The van der Waals surface area contributed by atoms with Gasteiger partial charge in [-0.3, -0.25) is 9.78 Å². The summed E-state index contributed by atoms with van der Waals surface area (Å²) in [6.07, 6.45) is 5.77. The monoisotopic (exact) mass is 457 g/mol. The molecule has 1 saturated carbocycles. The van der Waals surface area contributed by atoms with Crippen LogP contribution in [0.2, 0.25) is 0 Å². The fourth-order valence-electron chi connectivity index (χ4n) is 4.80. The van der Waals surface area contributed by atoms with E-state index < -0.39 is 11.2 Å². The van der Waals surface area contributed by atoms with Crippen LogP contribution >= 0.6 is 0 Å². The highest BCUT2D eigenvalue weighted by Crippen LogP contribution is 2.45. The van der Waals surface area contributed by atoms with Crippen molar-refractivity contribution in [2.75, 3.05) is 18.5 Å². The SMILES string of the molecule is Cc1ccc(-n2ncc(C(=O)Nc3ccc(C4(C#N)CCC5(CC4)OCCO5)nc3)c2C)cc1. The Bertz CT molecular complexity index is 1220. The molecule has 34 heavy (non-hydrogen) atoms. The van der Waals surface area contributed by atoms with E-state index in [1.54, 1.807) is 23.1 Å². The molecule has 1 N–H and O–H groups in total. The molecule has 1 spiro atoms. The second-order valence-electron chi connectivity index (χ2n) is 9.08. The number of carbonyl (C=O) groups excluding carboxylic acids is 1. The Hall–Kier alpha value is -3.54. The van der Waals surface area contributed by atoms with Gasteiger partial charge in [0.2, 0.25) is 0 Å². The smallest absolute Gasteiger partial charge is 0.259 e. The number of pyridine rings is 1. The Morgan fingerprint density at radius 1 is 1.03 bits per heavy atom. The number of benzene rings is 1. The molecule has 8 nitrogen and oxygen atoms in total. The Kier molecular flexibility index (Phi) is 5.68. The number of carbonyl (C=O) groups is 1. The third kappa shape index (κ3) is 3.98. The van der Waals surface area contributed by atoms with Crippen molar-refractivity contribution in [3.63, 3.8) is 0 Å². The molecule has 2 aliphatic rings. The molecule has 8 heteroatoms. The number of rotatable bonds is 4. The van der Waals surface area contributed by atoms with Gasteiger partial charge >= 0.3 is 0 Å². The van der Waals surface area contributed by atoms with Crippen molar-refractivity contribution in [1.29, 1.82) is 5.26 Å². The van der Waals surface area contributed by atoms with E-state index in [9.17, 15) is 10.1 Å². The van der Waals surface area contributed by atoms with Gasteiger partial charge in [0.1, 0.15) is 0 Å². The number of amides is 1. The van der Waals surface area contributed by atoms with Crippen LogP contribution in [0.4, 0.5) is 5.69 Å². The first-order valence-corrected chi connectivity index (χ1v) is 11.5. The molecule has 3 aromatic rings. The molecular weight excluding hydrogens is 430 g/mol. The molecule has 0 atom stereocenters. The minimum absolute atomic E-state index is 0.254. The van der Waals surface area contributed by atoms with Gasteiger partial charge in [-0.1, -0.05) is 17.7 Å². The summed E-state index contributed by atoms with van der Waals surface area (Å²) in [4.78, 5) is 17.5. The summed E-state index contributed by atoms with van der Waals surface area (Å²) in [5, 5.41) is 17.3. The average molecular weight is 458 g/mol. The number of nitriles is 1. The van der Waals surface area contributed by atoms with Crippen LogP contribution in [0.5, 0.6) is 0 Å². The molecule has 1 aliphatic heterocycles. The summed E-state index contributed by atoms with van der Waals surface area (Å²) in [5.41, 5.74) is 3.91. The lowest BCUT2D eigenvalue weighted by Gasteiger charge is -2.39. The molecule has 174 valence electrons. The second kappa shape index (κ2) is 8.67. The highest BCUT2D eigenvalue weighted by Gasteiger charge is 2.48. The van der Waals surface area contributed by atoms with E-state index in [1.807, 2.05) is 44.2 Å². The first kappa shape index (κ1) is 22.3. The molecule has 2 aromatic heterocycles. The lowest BCUT2D eigenvalue weighted by atomic mass is 9.70. The van der Waals surface area contributed by atoms with Gasteiger partial charge in [0.25, 0.3) is 5.91 Å². The number of aryl methyl sites for hydroxylation is 1. The normalized spacial score (nSPS) is 18.5. The van der Waals surface area contributed by atoms with Gasteiger partial charge in [-0.2, -0.15) is 10.4 Å². The van der Waals surface area contributed by atoms with Crippen molar-refractivity contribution < 1.29 is 14.3 Å². The van der Waals surface area contributed by atoms with Gasteiger partial charge in [-0.15, -0.1) is 0 Å². The predicted molar refractivity (Wildman–Crippen MR) is 126 cm³/mol. The van der Waals surface area contributed by atoms with Crippen LogP contribution in [0.15, 0.2) is 48.8 Å². The van der Waals surface area contributed by atoms with Crippen molar-refractivity contribution in [2.45, 2.75) is 50.7 Å². The number of ether oxygens (including phenoxy) is 2. The van der Waals surface area contributed by atoms with E-state index in [2.05, 4.69) is 21.5 Å². The van der Waals surface area contributed by atoms with Crippen LogP contribution < -0.4 is 5.32 Å². The number of nitrogens with zero attached hydrogens (tertiary/aromatic N) is 4. The predicted octanol–water partition coefficient (Wildman–Crippen LogP) is 4.21. The first-order valence-electron chi connectivity index (χ1n) is 11.5. The van der Waals surface area contributed by atoms with Crippen LogP contribution in [0.25, 0.3) is 5.69 Å². The van der Waals surface area contributed by atoms with Crippen LogP contribution in [-0.4, -0.2) is 39.7 Å². The summed E-state index contributed by atoms with van der Waals surface area (Å²) in [5.74, 6) is -0.787. The maximum atomic E-state index is 12.9. The van der Waals surface area contributed by atoms with Crippen LogP contribution in [-0.2, 0) is 14.9 Å². The highest BCUT2D eigenvalue weighted by molar-refractivity contribution is 6.04. The minimum Gasteiger partial charge on any atom is -0.348 e. The summed E-state index contributed by atoms with van der Waals surface area (Å²) in [7, 11) is 0. The first-order chi connectivity index (χ1) is 16.4. The van der Waals surface area contributed by atoms with E-state index >= 15 is 0 Å². The number of hydrogen-bond donors (Lipinski definition) is 1. The van der Waals surface area contributed by atoms with Crippen molar-refractivity contribution in [1.82, 2.24) is 14.8 Å². The van der Waals surface area contributed by atoms with E-state index in [1.165, 1.54) is 0 Å². The van der Waals surface area contributed by atoms with E-state index in [0.717, 1.165) is 16.9 Å². The van der Waals surface area contributed by atoms with E-state index in [4.69, 9.17) is 9.47 Å². The molecule has 0 bridgehead atoms. The van der Waals surface area contributed by atoms with Gasteiger partial charge in [-0.25, -0.2) is 4.68 Å². The average Bonchev–Trinajstić information content (AvgIpc) is 3.48. The Labute approximate surface area is 198 Å². The molecule has 1 aromatic carbocycles. The molecule has 1 aliphatic carbocycles. The van der Waals surface area contributed by atoms with Gasteiger partial charge in [-0.05, 0) is 51.0 Å². The molecule has 1 saturated heterocycles. The largest absolute Gasteiger partial charge is 0.348 e. The number of hydrogen-bond acceptors (Lipinski definition) is 6. The molecule has 0 radical (unpaired) electrons. The van der Waals surface area contributed by atoms with Gasteiger partial charge in [0.15, 0.2) is 5.79 Å². The summed E-state index contributed by atoms with van der Waals surface area (Å²) in [6.45, 7) is 5.11. The molecule has 5 rings (SSSR count). The highest BCUT2D eigenvalue weighted by atomic mass is 16.7. The minimum atomic E-state index is -0.672. The molecule has 1 amide bonds. The van der Waals surface area contributed by atoms with Crippen LogP contribution in [0, 0.1) is 25.2 Å². The van der Waals surface area contributed by atoms with Gasteiger partial charge in [0.05, 0.1) is 65.4 Å². The zero-order valence-corrected chi connectivity index (χ0v) is 19.4. The Morgan fingerprint density at radius 2 is 1.74 bits per heavy atom. The number of anilines is 1. The fourth-order valence-corrected chi connectivity index (χ4v) is 4.80. The Morgan fingerprint density at radius 3 is 2.35 bits per heavy atom. The fraction of sp³-hybridized carbons (Fsp3) is 0.385. The zero-order chi connectivity index (χ0) is 23.8. The van der Waals surface area contributed by atoms with Crippen molar-refractivity contribution in [2.24, 2.45) is 0 Å². The molecule has 2 fully saturated rings. The molecular formula is C26H27N5O3. The van der Waals surface area contributed by atoms with Crippen LogP contribution in [0.3, 0.4) is 0 Å². The van der Waals surface area contributed by atoms with Gasteiger partial charge in [0, 0.05) is 12.8 Å². The standard InChI is InChI=1S/C26H27N5O3/c1-18-3-6-21(7-4-18)31-19(2)22(16-29-31)24(32)30-20-5-8-23(28-15-20)25(17-27)9-11-26(12-10-25)33-13-14-34-26/h3-8,15-16H,9-14H2,1-2H3,(H,30,32). The lowest BCUT2D eigenvalue weighted by Crippen LogP contribution is -2.41. The summed E-state index contributed by atoms with van der Waals surface area (Å²) >= 11 is 0. The van der Waals surface area contributed by atoms with Crippen LogP contribution in [0.1, 0.15) is 53.0 Å². The molecule has 0 unspecified atom stereocenters. The summed E-state index contributed by atoms with van der Waals surface area (Å²) in [6, 6.07) is 14.1. The lowest BCUT2D eigenvalue weighted by molar-refractivity contribution is -0.182. The second-order valence-corrected chi connectivity index (χ2v) is 9.08. The zero-order valence-electron chi connectivity index (χ0n) is 19.4. The van der Waals surface area contributed by atoms with E-state index in [0.29, 0.717) is 55.8 Å². The van der Waals surface area contributed by atoms with Gasteiger partial charge < -0.3 is 14.8 Å². The van der Waals surface area contributed by atoms with E-state index in [-0.39, 0.29) is 5.91 Å². The maximum absolute atomic E-state index is 12.9. The van der Waals surface area contributed by atoms with Crippen molar-refractivity contribution in [3.8, 4) is 11.8 Å². The quantitative estimate of drug-likeness (QED) is 0.630.